The number of hydrogen-bond acceptors (Lipinski definition) is 2. The molecule has 0 bridgehead atoms. The van der Waals surface area contributed by atoms with Crippen LogP contribution >= 0.6 is 0 Å². The monoisotopic (exact) mass is 267 g/mol. The molecule has 1 rings (SSSR count). The highest BCUT2D eigenvalue weighted by Crippen LogP contribution is 2.26. The molecule has 108 valence electrons. The summed E-state index contributed by atoms with van der Waals surface area (Å²) in [6.07, 6.45) is 2.01. The molecule has 1 aromatic rings. The van der Waals surface area contributed by atoms with E-state index in [2.05, 4.69) is 26.1 Å². The van der Waals surface area contributed by atoms with E-state index in [1.807, 2.05) is 12.1 Å². The zero-order valence-electron chi connectivity index (χ0n) is 12.5. The highest BCUT2D eigenvalue weighted by Gasteiger charge is 2.20. The van der Waals surface area contributed by atoms with Gasteiger partial charge in [0.05, 0.1) is 5.60 Å². The summed E-state index contributed by atoms with van der Waals surface area (Å²) in [4.78, 5) is 0. The van der Waals surface area contributed by atoms with Crippen molar-refractivity contribution in [3.63, 3.8) is 0 Å². The van der Waals surface area contributed by atoms with Gasteiger partial charge in [-0.15, -0.1) is 0 Å². The minimum Gasteiger partial charge on any atom is -0.379 e. The molecule has 0 aromatic heterocycles. The van der Waals surface area contributed by atoms with Crippen LogP contribution in [0.15, 0.2) is 24.3 Å². The second-order valence-electron chi connectivity index (χ2n) is 5.56. The Morgan fingerprint density at radius 2 is 1.89 bits per heavy atom. The van der Waals surface area contributed by atoms with Gasteiger partial charge in [0.1, 0.15) is 5.82 Å². The molecule has 0 fully saturated rings. The lowest BCUT2D eigenvalue weighted by Gasteiger charge is -2.26. The van der Waals surface area contributed by atoms with Gasteiger partial charge in [0.15, 0.2) is 0 Å². The average molecular weight is 267 g/mol. The Morgan fingerprint density at radius 1 is 1.26 bits per heavy atom. The van der Waals surface area contributed by atoms with E-state index in [4.69, 9.17) is 4.74 Å². The van der Waals surface area contributed by atoms with Gasteiger partial charge < -0.3 is 10.1 Å². The van der Waals surface area contributed by atoms with Gasteiger partial charge in [-0.3, -0.25) is 0 Å². The van der Waals surface area contributed by atoms with E-state index in [0.29, 0.717) is 5.92 Å². The summed E-state index contributed by atoms with van der Waals surface area (Å²) in [6, 6.07) is 6.85. The third-order valence-corrected chi connectivity index (χ3v) is 3.63. The standard InChI is InChI=1S/C16H26FNO/c1-5-18-12-14(10-11-16(2,3)19-4)13-6-8-15(17)9-7-13/h6-9,14,18H,5,10-12H2,1-4H3. The maximum Gasteiger partial charge on any atom is 0.123 e. The number of benzene rings is 1. The Bertz CT molecular complexity index is 362. The van der Waals surface area contributed by atoms with E-state index >= 15 is 0 Å². The van der Waals surface area contributed by atoms with E-state index in [-0.39, 0.29) is 11.4 Å². The van der Waals surface area contributed by atoms with Crippen LogP contribution in [0.1, 0.15) is 45.1 Å². The van der Waals surface area contributed by atoms with E-state index < -0.39 is 0 Å². The molecule has 1 aromatic carbocycles. The SMILES string of the molecule is CCNCC(CCC(C)(C)OC)c1ccc(F)cc1. The minimum atomic E-state index is -0.178. The first kappa shape index (κ1) is 16.1. The molecule has 0 aliphatic heterocycles. The van der Waals surface area contributed by atoms with Crippen LogP contribution in [0.25, 0.3) is 0 Å². The summed E-state index contributed by atoms with van der Waals surface area (Å²) in [6.45, 7) is 8.16. The number of methoxy groups -OCH3 is 1. The molecule has 0 amide bonds. The van der Waals surface area contributed by atoms with Crippen LogP contribution in [0.2, 0.25) is 0 Å². The fourth-order valence-electron chi connectivity index (χ4n) is 2.06. The first-order chi connectivity index (χ1) is 8.98. The van der Waals surface area contributed by atoms with Gasteiger partial charge in [-0.25, -0.2) is 4.39 Å². The van der Waals surface area contributed by atoms with Crippen molar-refractivity contribution in [2.75, 3.05) is 20.2 Å². The van der Waals surface area contributed by atoms with Gasteiger partial charge >= 0.3 is 0 Å². The quantitative estimate of drug-likeness (QED) is 0.775. The first-order valence-electron chi connectivity index (χ1n) is 7.00. The average Bonchev–Trinajstić information content (AvgIpc) is 2.40. The number of ether oxygens (including phenoxy) is 1. The highest BCUT2D eigenvalue weighted by atomic mass is 19.1. The fourth-order valence-corrected chi connectivity index (χ4v) is 2.06. The second-order valence-corrected chi connectivity index (χ2v) is 5.56. The van der Waals surface area contributed by atoms with Crippen molar-refractivity contribution in [1.29, 1.82) is 0 Å². The lowest BCUT2D eigenvalue weighted by atomic mass is 9.89. The molecular weight excluding hydrogens is 241 g/mol. The summed E-state index contributed by atoms with van der Waals surface area (Å²) in [5.41, 5.74) is 1.08. The predicted octanol–water partition coefficient (Wildman–Crippen LogP) is 3.72. The summed E-state index contributed by atoms with van der Waals surface area (Å²) >= 11 is 0. The van der Waals surface area contributed by atoms with E-state index in [1.165, 1.54) is 17.7 Å². The minimum absolute atomic E-state index is 0.107. The zero-order chi connectivity index (χ0) is 14.3. The van der Waals surface area contributed by atoms with Crippen LogP contribution < -0.4 is 5.32 Å². The molecule has 1 atom stereocenters. The summed E-state index contributed by atoms with van der Waals surface area (Å²) in [5.74, 6) is 0.221. The third-order valence-electron chi connectivity index (χ3n) is 3.63. The third kappa shape index (κ3) is 5.70. The molecule has 1 unspecified atom stereocenters. The van der Waals surface area contributed by atoms with Crippen molar-refractivity contribution < 1.29 is 9.13 Å². The molecule has 0 saturated heterocycles. The van der Waals surface area contributed by atoms with Crippen LogP contribution in [-0.2, 0) is 4.74 Å². The number of halogens is 1. The summed E-state index contributed by atoms with van der Waals surface area (Å²) in [5, 5.41) is 3.38. The van der Waals surface area contributed by atoms with Gasteiger partial charge in [-0.1, -0.05) is 19.1 Å². The van der Waals surface area contributed by atoms with Crippen molar-refractivity contribution in [2.24, 2.45) is 0 Å². The van der Waals surface area contributed by atoms with Gasteiger partial charge in [0, 0.05) is 13.7 Å². The van der Waals surface area contributed by atoms with E-state index in [0.717, 1.165) is 25.9 Å². The molecular formula is C16H26FNO. The molecule has 19 heavy (non-hydrogen) atoms. The summed E-state index contributed by atoms with van der Waals surface area (Å²) < 4.78 is 18.5. The van der Waals surface area contributed by atoms with Crippen molar-refractivity contribution in [2.45, 2.75) is 45.1 Å². The lowest BCUT2D eigenvalue weighted by molar-refractivity contribution is 0.0124. The van der Waals surface area contributed by atoms with Gasteiger partial charge in [0.2, 0.25) is 0 Å². The maximum atomic E-state index is 13.0. The number of likely N-dealkylation sites (N-methyl/N-ethyl adjacent to an activating group) is 1. The number of nitrogens with one attached hydrogen (secondary N) is 1. The molecule has 0 spiro atoms. The van der Waals surface area contributed by atoms with Crippen molar-refractivity contribution in [1.82, 2.24) is 5.32 Å². The molecule has 2 nitrogen and oxygen atoms in total. The lowest BCUT2D eigenvalue weighted by Crippen LogP contribution is -2.26. The number of hydrogen-bond donors (Lipinski definition) is 1. The molecule has 1 N–H and O–H groups in total. The van der Waals surface area contributed by atoms with Crippen LogP contribution in [0.3, 0.4) is 0 Å². The number of rotatable bonds is 8. The van der Waals surface area contributed by atoms with Crippen LogP contribution in [0.5, 0.6) is 0 Å². The highest BCUT2D eigenvalue weighted by molar-refractivity contribution is 5.21. The molecule has 0 heterocycles. The van der Waals surface area contributed by atoms with Crippen molar-refractivity contribution in [3.05, 3.63) is 35.6 Å². The van der Waals surface area contributed by atoms with Crippen molar-refractivity contribution in [3.8, 4) is 0 Å². The smallest absolute Gasteiger partial charge is 0.123 e. The van der Waals surface area contributed by atoms with Crippen LogP contribution in [-0.4, -0.2) is 25.8 Å². The largest absolute Gasteiger partial charge is 0.379 e. The zero-order valence-corrected chi connectivity index (χ0v) is 12.5. The van der Waals surface area contributed by atoms with Crippen molar-refractivity contribution >= 4 is 0 Å². The van der Waals surface area contributed by atoms with E-state index in [1.54, 1.807) is 7.11 Å². The Morgan fingerprint density at radius 3 is 2.42 bits per heavy atom. The van der Waals surface area contributed by atoms with Crippen LogP contribution in [0, 0.1) is 5.82 Å². The molecule has 0 radical (unpaired) electrons. The maximum absolute atomic E-state index is 13.0. The Balaban J connectivity index is 2.68. The van der Waals surface area contributed by atoms with E-state index in [9.17, 15) is 4.39 Å². The Hall–Kier alpha value is -0.930. The molecule has 0 aliphatic carbocycles. The predicted molar refractivity (Wildman–Crippen MR) is 78.0 cm³/mol. The summed E-state index contributed by atoms with van der Waals surface area (Å²) in [7, 11) is 1.75. The molecule has 0 aliphatic rings. The second kappa shape index (κ2) is 7.61. The molecule has 3 heteroatoms. The van der Waals surface area contributed by atoms with Gasteiger partial charge in [0.25, 0.3) is 0 Å². The Kier molecular flexibility index (Phi) is 6.46. The van der Waals surface area contributed by atoms with Gasteiger partial charge in [-0.2, -0.15) is 0 Å². The normalized spacial score (nSPS) is 13.5. The van der Waals surface area contributed by atoms with Gasteiger partial charge in [-0.05, 0) is 56.8 Å². The molecule has 0 saturated carbocycles. The Labute approximate surface area is 116 Å². The van der Waals surface area contributed by atoms with Crippen LogP contribution in [0.4, 0.5) is 4.39 Å². The first-order valence-corrected chi connectivity index (χ1v) is 7.00. The fraction of sp³-hybridized carbons (Fsp3) is 0.625. The topological polar surface area (TPSA) is 21.3 Å².